The van der Waals surface area contributed by atoms with E-state index in [-0.39, 0.29) is 0 Å². The van der Waals surface area contributed by atoms with E-state index in [0.29, 0.717) is 0 Å². The lowest BCUT2D eigenvalue weighted by Crippen LogP contribution is -2.02. The zero-order chi connectivity index (χ0) is 26.1. The molecule has 0 saturated heterocycles. The first-order valence-electron chi connectivity index (χ1n) is 15.8. The Bertz CT molecular complexity index is 776. The maximum absolute atomic E-state index is 3.44. The predicted octanol–water partition coefficient (Wildman–Crippen LogP) is 11.4. The smallest absolute Gasteiger partial charge is 0.0436 e. The molecule has 1 aromatic carbocycles. The normalized spacial score (nSPS) is 10.6. The zero-order valence-corrected chi connectivity index (χ0v) is 24.7. The van der Waals surface area contributed by atoms with Crippen LogP contribution < -0.4 is 0 Å². The molecule has 0 aliphatic carbocycles. The van der Waals surface area contributed by atoms with Gasteiger partial charge < -0.3 is 0 Å². The average molecular weight is 491 g/mol. The number of rotatable bonds is 22. The Labute approximate surface area is 226 Å². The molecule has 202 valence electrons. The fourth-order valence-electron chi connectivity index (χ4n) is 5.31. The van der Waals surface area contributed by atoms with Gasteiger partial charge in [-0.2, -0.15) is 0 Å². The van der Waals surface area contributed by atoms with E-state index in [9.17, 15) is 0 Å². The minimum Gasteiger partial charge on any atom is -0.101 e. The average Bonchev–Trinajstić information content (AvgIpc) is 2.88. The van der Waals surface area contributed by atoms with Gasteiger partial charge in [0.15, 0.2) is 0 Å². The molecule has 0 spiro atoms. The molecule has 0 radical (unpaired) electrons. The van der Waals surface area contributed by atoms with Crippen molar-refractivity contribution in [3.63, 3.8) is 0 Å². The van der Waals surface area contributed by atoms with Gasteiger partial charge in [0.1, 0.15) is 0 Å². The number of hydrogen-bond acceptors (Lipinski definition) is 0. The summed E-state index contributed by atoms with van der Waals surface area (Å²) in [7, 11) is 0. The van der Waals surface area contributed by atoms with Gasteiger partial charge in [0, 0.05) is 11.1 Å². The van der Waals surface area contributed by atoms with Gasteiger partial charge >= 0.3 is 0 Å². The third-order valence-corrected chi connectivity index (χ3v) is 7.50. The topological polar surface area (TPSA) is 0 Å². The Kier molecular flexibility index (Phi) is 21.3. The van der Waals surface area contributed by atoms with Crippen molar-refractivity contribution in [2.24, 2.45) is 0 Å². The van der Waals surface area contributed by atoms with Gasteiger partial charge in [-0.1, -0.05) is 147 Å². The van der Waals surface area contributed by atoms with Crippen molar-refractivity contribution in [3.8, 4) is 23.7 Å². The summed E-state index contributed by atoms with van der Waals surface area (Å²) >= 11 is 0. The number of hydrogen-bond donors (Lipinski definition) is 0. The largest absolute Gasteiger partial charge is 0.101 e. The first kappa shape index (κ1) is 32.4. The molecule has 1 aromatic rings. The van der Waals surface area contributed by atoms with Gasteiger partial charge in [0.25, 0.3) is 0 Å². The molecular weight excluding hydrogens is 432 g/mol. The number of benzene rings is 1. The van der Waals surface area contributed by atoms with Crippen molar-refractivity contribution in [1.82, 2.24) is 0 Å². The molecule has 0 heterocycles. The quantitative estimate of drug-likeness (QED) is 0.112. The fourth-order valence-corrected chi connectivity index (χ4v) is 5.31. The first-order chi connectivity index (χ1) is 17.8. The van der Waals surface area contributed by atoms with Gasteiger partial charge in [0.05, 0.1) is 0 Å². The molecule has 0 aliphatic rings. The summed E-state index contributed by atoms with van der Waals surface area (Å²) in [6, 6.07) is 4.59. The van der Waals surface area contributed by atoms with Crippen LogP contribution in [0, 0.1) is 23.7 Å². The van der Waals surface area contributed by atoms with Crippen LogP contribution in [0.15, 0.2) is 12.1 Å². The number of unbranched alkanes of at least 4 members (excludes halogenated alkanes) is 18. The van der Waals surface area contributed by atoms with E-state index in [2.05, 4.69) is 49.7 Å². The van der Waals surface area contributed by atoms with Gasteiger partial charge in [-0.25, -0.2) is 0 Å². The van der Waals surface area contributed by atoms with Crippen LogP contribution in [-0.2, 0) is 12.8 Å². The molecule has 0 saturated carbocycles. The van der Waals surface area contributed by atoms with Crippen molar-refractivity contribution < 1.29 is 0 Å². The summed E-state index contributed by atoms with van der Waals surface area (Å²) in [4.78, 5) is 0. The van der Waals surface area contributed by atoms with Crippen LogP contribution in [0.4, 0.5) is 0 Å². The highest BCUT2D eigenvalue weighted by molar-refractivity contribution is 5.57. The van der Waals surface area contributed by atoms with Gasteiger partial charge in [-0.3, -0.25) is 0 Å². The maximum Gasteiger partial charge on any atom is 0.0436 e. The van der Waals surface area contributed by atoms with Crippen molar-refractivity contribution in [2.45, 2.75) is 169 Å². The predicted molar refractivity (Wildman–Crippen MR) is 163 cm³/mol. The molecule has 36 heavy (non-hydrogen) atoms. The third kappa shape index (κ3) is 15.5. The highest BCUT2D eigenvalue weighted by Gasteiger charge is 2.11. The second-order valence-corrected chi connectivity index (χ2v) is 10.7. The van der Waals surface area contributed by atoms with Gasteiger partial charge in [-0.15, -0.1) is 11.8 Å². The lowest BCUT2D eigenvalue weighted by atomic mass is 9.89. The lowest BCUT2D eigenvalue weighted by molar-refractivity contribution is 0.553. The second kappa shape index (κ2) is 23.7. The van der Waals surface area contributed by atoms with E-state index in [1.165, 1.54) is 152 Å². The Morgan fingerprint density at radius 1 is 0.472 bits per heavy atom. The van der Waals surface area contributed by atoms with Crippen LogP contribution in [0.3, 0.4) is 0 Å². The molecular formula is C36H58. The molecule has 0 fully saturated rings. The monoisotopic (exact) mass is 490 g/mol. The summed E-state index contributed by atoms with van der Waals surface area (Å²) in [6.45, 7) is 8.49. The van der Waals surface area contributed by atoms with E-state index in [1.807, 2.05) is 13.8 Å². The van der Waals surface area contributed by atoms with Crippen LogP contribution in [0.5, 0.6) is 0 Å². The van der Waals surface area contributed by atoms with Crippen LogP contribution in [0.2, 0.25) is 0 Å². The molecule has 0 heteroatoms. The molecule has 0 atom stereocenters. The van der Waals surface area contributed by atoms with E-state index < -0.39 is 0 Å². The van der Waals surface area contributed by atoms with E-state index in [4.69, 9.17) is 0 Å². The summed E-state index contributed by atoms with van der Waals surface area (Å²) in [5, 5.41) is 0. The summed E-state index contributed by atoms with van der Waals surface area (Å²) in [5.41, 5.74) is 5.37. The summed E-state index contributed by atoms with van der Waals surface area (Å²) < 4.78 is 0. The van der Waals surface area contributed by atoms with E-state index >= 15 is 0 Å². The zero-order valence-electron chi connectivity index (χ0n) is 24.7. The highest BCUT2D eigenvalue weighted by Crippen LogP contribution is 2.24. The molecule has 0 aromatic heterocycles. The summed E-state index contributed by atoms with van der Waals surface area (Å²) in [6.07, 6.45) is 30.2. The molecule has 0 unspecified atom stereocenters. The fraction of sp³-hybridized carbons (Fsp3) is 0.722. The van der Waals surface area contributed by atoms with Crippen molar-refractivity contribution in [1.29, 1.82) is 0 Å². The molecule has 1 rings (SSSR count). The first-order valence-corrected chi connectivity index (χ1v) is 15.8. The Balaban J connectivity index is 2.53. The Morgan fingerprint density at radius 2 is 0.889 bits per heavy atom. The van der Waals surface area contributed by atoms with Crippen molar-refractivity contribution in [2.75, 3.05) is 0 Å². The lowest BCUT2D eigenvalue weighted by Gasteiger charge is -2.14. The Hall–Kier alpha value is -1.66. The van der Waals surface area contributed by atoms with Crippen molar-refractivity contribution >= 4 is 0 Å². The van der Waals surface area contributed by atoms with E-state index in [1.54, 1.807) is 0 Å². The minimum atomic E-state index is 1.13. The molecule has 0 amide bonds. The Morgan fingerprint density at radius 3 is 1.33 bits per heavy atom. The van der Waals surface area contributed by atoms with Gasteiger partial charge in [0.2, 0.25) is 0 Å². The molecule has 0 N–H and O–H groups in total. The standard InChI is InChI=1S/C36H58/c1-5-9-11-13-15-17-19-21-23-25-29-34-32-31-33(27-7-3)35(28-8-4)36(34)30-26-24-22-20-18-16-14-12-10-6-2/h31-32H,5-6,9-26,29-30H2,1-4H3. The van der Waals surface area contributed by atoms with Crippen LogP contribution in [0.1, 0.15) is 178 Å². The van der Waals surface area contributed by atoms with Crippen molar-refractivity contribution in [3.05, 3.63) is 34.4 Å². The molecule has 0 nitrogen and oxygen atoms in total. The van der Waals surface area contributed by atoms with Crippen LogP contribution in [-0.4, -0.2) is 0 Å². The van der Waals surface area contributed by atoms with E-state index in [0.717, 1.165) is 12.0 Å². The minimum absolute atomic E-state index is 1.13. The molecule has 0 aliphatic heterocycles. The maximum atomic E-state index is 3.44. The third-order valence-electron chi connectivity index (χ3n) is 7.50. The SMILES string of the molecule is CC#Cc1ccc(CCCCCCCCCCCC)c(CCCCCCCCCCCC)c1C#CC. The second-order valence-electron chi connectivity index (χ2n) is 10.7. The van der Waals surface area contributed by atoms with Gasteiger partial charge in [-0.05, 0) is 56.7 Å². The number of aryl methyl sites for hydroxylation is 1. The highest BCUT2D eigenvalue weighted by atomic mass is 14.1. The summed E-state index contributed by atoms with van der Waals surface area (Å²) in [5.74, 6) is 13.1. The van der Waals surface area contributed by atoms with Crippen LogP contribution >= 0.6 is 0 Å². The van der Waals surface area contributed by atoms with Crippen LogP contribution in [0.25, 0.3) is 0 Å². The molecule has 0 bridgehead atoms.